The molecule has 0 atom stereocenters. The van der Waals surface area contributed by atoms with Crippen molar-refractivity contribution in [3.05, 3.63) is 59.9 Å². The molecular formula is C19H22N4O2. The van der Waals surface area contributed by atoms with Crippen LogP contribution in [0, 0.1) is 6.92 Å². The molecule has 1 aliphatic rings. The van der Waals surface area contributed by atoms with E-state index in [0.717, 1.165) is 17.8 Å². The lowest BCUT2D eigenvalue weighted by Crippen LogP contribution is -2.39. The van der Waals surface area contributed by atoms with Crippen LogP contribution in [-0.2, 0) is 0 Å². The van der Waals surface area contributed by atoms with Gasteiger partial charge in [0.15, 0.2) is 0 Å². The number of aryl methyl sites for hydroxylation is 1. The predicted molar refractivity (Wildman–Crippen MR) is 96.5 cm³/mol. The minimum absolute atomic E-state index is 0.0298. The van der Waals surface area contributed by atoms with Gasteiger partial charge in [0, 0.05) is 43.8 Å². The summed E-state index contributed by atoms with van der Waals surface area (Å²) in [7, 11) is 0. The zero-order chi connectivity index (χ0) is 17.6. The molecule has 1 fully saturated rings. The fraction of sp³-hybridized carbons (Fsp3) is 0.316. The summed E-state index contributed by atoms with van der Waals surface area (Å²) in [5.41, 5.74) is 2.25. The number of carbonyl (C=O) groups excluding carboxylic acids is 2. The van der Waals surface area contributed by atoms with Gasteiger partial charge < -0.3 is 15.1 Å². The Kier molecular flexibility index (Phi) is 5.28. The fourth-order valence-corrected chi connectivity index (χ4v) is 2.82. The standard InChI is InChI=1S/C19H22N4O2/c1-15-8-9-16(14-20-15)18(24)22-10-5-11-23(13-12-22)19(25)21-17-6-3-2-4-7-17/h2-4,6-9,14H,5,10-13H2,1H3,(H,21,25). The van der Waals surface area contributed by atoms with E-state index in [1.54, 1.807) is 22.1 Å². The van der Waals surface area contributed by atoms with E-state index >= 15 is 0 Å². The molecular weight excluding hydrogens is 316 g/mol. The highest BCUT2D eigenvalue weighted by atomic mass is 16.2. The zero-order valence-electron chi connectivity index (χ0n) is 14.3. The summed E-state index contributed by atoms with van der Waals surface area (Å²) < 4.78 is 0. The SMILES string of the molecule is Cc1ccc(C(=O)N2CCCN(C(=O)Nc3ccccc3)CC2)cn1. The molecule has 1 aromatic heterocycles. The monoisotopic (exact) mass is 338 g/mol. The van der Waals surface area contributed by atoms with Gasteiger partial charge in [-0.1, -0.05) is 18.2 Å². The number of nitrogens with one attached hydrogen (secondary N) is 1. The van der Waals surface area contributed by atoms with Crippen molar-refractivity contribution in [2.45, 2.75) is 13.3 Å². The summed E-state index contributed by atoms with van der Waals surface area (Å²) >= 11 is 0. The van der Waals surface area contributed by atoms with E-state index in [1.165, 1.54) is 0 Å². The number of pyridine rings is 1. The zero-order valence-corrected chi connectivity index (χ0v) is 14.3. The molecule has 1 N–H and O–H groups in total. The van der Waals surface area contributed by atoms with Crippen molar-refractivity contribution in [1.29, 1.82) is 0 Å². The highest BCUT2D eigenvalue weighted by Crippen LogP contribution is 2.11. The van der Waals surface area contributed by atoms with Gasteiger partial charge in [0.25, 0.3) is 5.91 Å². The normalized spacial score (nSPS) is 14.8. The lowest BCUT2D eigenvalue weighted by atomic mass is 10.2. The lowest BCUT2D eigenvalue weighted by Gasteiger charge is -2.22. The molecule has 1 saturated heterocycles. The number of aromatic nitrogens is 1. The summed E-state index contributed by atoms with van der Waals surface area (Å²) in [5, 5.41) is 2.89. The van der Waals surface area contributed by atoms with E-state index in [9.17, 15) is 9.59 Å². The Morgan fingerprint density at radius 3 is 2.40 bits per heavy atom. The minimum Gasteiger partial charge on any atom is -0.337 e. The Bertz CT molecular complexity index is 731. The van der Waals surface area contributed by atoms with Crippen LogP contribution < -0.4 is 5.32 Å². The molecule has 0 saturated carbocycles. The summed E-state index contributed by atoms with van der Waals surface area (Å²) in [6.07, 6.45) is 2.37. The number of hydrogen-bond donors (Lipinski definition) is 1. The van der Waals surface area contributed by atoms with Crippen molar-refractivity contribution >= 4 is 17.6 Å². The van der Waals surface area contributed by atoms with Gasteiger partial charge in [-0.3, -0.25) is 9.78 Å². The third-order valence-corrected chi connectivity index (χ3v) is 4.25. The maximum absolute atomic E-state index is 12.6. The Hall–Kier alpha value is -2.89. The fourth-order valence-electron chi connectivity index (χ4n) is 2.82. The van der Waals surface area contributed by atoms with E-state index in [2.05, 4.69) is 10.3 Å². The summed E-state index contributed by atoms with van der Waals surface area (Å²) in [5.74, 6) is -0.0298. The molecule has 0 aliphatic carbocycles. The van der Waals surface area contributed by atoms with Crippen LogP contribution in [0.1, 0.15) is 22.5 Å². The number of amides is 3. The van der Waals surface area contributed by atoms with E-state index in [0.29, 0.717) is 31.7 Å². The first-order chi connectivity index (χ1) is 12.1. The number of urea groups is 1. The topological polar surface area (TPSA) is 65.5 Å². The molecule has 3 amide bonds. The number of anilines is 1. The molecule has 1 aliphatic heterocycles. The number of rotatable bonds is 2. The number of para-hydroxylation sites is 1. The lowest BCUT2D eigenvalue weighted by molar-refractivity contribution is 0.0762. The molecule has 3 rings (SSSR count). The van der Waals surface area contributed by atoms with Gasteiger partial charge in [0.2, 0.25) is 0 Å². The second-order valence-electron chi connectivity index (χ2n) is 6.12. The largest absolute Gasteiger partial charge is 0.337 e. The van der Waals surface area contributed by atoms with Crippen LogP contribution in [0.3, 0.4) is 0 Å². The number of benzene rings is 1. The van der Waals surface area contributed by atoms with Gasteiger partial charge in [-0.05, 0) is 37.6 Å². The molecule has 2 heterocycles. The van der Waals surface area contributed by atoms with Crippen LogP contribution in [0.2, 0.25) is 0 Å². The average Bonchev–Trinajstić information content (AvgIpc) is 2.89. The molecule has 0 radical (unpaired) electrons. The van der Waals surface area contributed by atoms with Crippen LogP contribution in [0.5, 0.6) is 0 Å². The Balaban J connectivity index is 1.59. The van der Waals surface area contributed by atoms with Gasteiger partial charge in [0.1, 0.15) is 0 Å². The molecule has 0 spiro atoms. The first kappa shape index (κ1) is 17.0. The van der Waals surface area contributed by atoms with Crippen molar-refractivity contribution < 1.29 is 9.59 Å². The van der Waals surface area contributed by atoms with Crippen molar-refractivity contribution in [3.8, 4) is 0 Å². The van der Waals surface area contributed by atoms with Crippen LogP contribution >= 0.6 is 0 Å². The maximum Gasteiger partial charge on any atom is 0.321 e. The van der Waals surface area contributed by atoms with Crippen LogP contribution in [0.4, 0.5) is 10.5 Å². The second kappa shape index (κ2) is 7.79. The number of carbonyl (C=O) groups is 2. The third kappa shape index (κ3) is 4.35. The number of nitrogens with zero attached hydrogens (tertiary/aromatic N) is 3. The van der Waals surface area contributed by atoms with Crippen LogP contribution in [-0.4, -0.2) is 52.9 Å². The van der Waals surface area contributed by atoms with Gasteiger partial charge in [-0.25, -0.2) is 4.79 Å². The molecule has 0 unspecified atom stereocenters. The van der Waals surface area contributed by atoms with Gasteiger partial charge in [0.05, 0.1) is 5.56 Å². The van der Waals surface area contributed by atoms with Gasteiger partial charge in [-0.15, -0.1) is 0 Å². The van der Waals surface area contributed by atoms with E-state index in [4.69, 9.17) is 0 Å². The smallest absolute Gasteiger partial charge is 0.321 e. The predicted octanol–water partition coefficient (Wildman–Crippen LogP) is 2.77. The van der Waals surface area contributed by atoms with Crippen molar-refractivity contribution in [3.63, 3.8) is 0 Å². The first-order valence-electron chi connectivity index (χ1n) is 8.46. The highest BCUT2D eigenvalue weighted by Gasteiger charge is 2.23. The van der Waals surface area contributed by atoms with Crippen LogP contribution in [0.15, 0.2) is 48.7 Å². The minimum atomic E-state index is -0.127. The van der Waals surface area contributed by atoms with Crippen molar-refractivity contribution in [2.75, 3.05) is 31.5 Å². The second-order valence-corrected chi connectivity index (χ2v) is 6.12. The van der Waals surface area contributed by atoms with Crippen LogP contribution in [0.25, 0.3) is 0 Å². The van der Waals surface area contributed by atoms with E-state index < -0.39 is 0 Å². The summed E-state index contributed by atoms with van der Waals surface area (Å²) in [6, 6.07) is 12.9. The Labute approximate surface area is 147 Å². The molecule has 0 bridgehead atoms. The van der Waals surface area contributed by atoms with E-state index in [1.807, 2.05) is 43.3 Å². The van der Waals surface area contributed by atoms with E-state index in [-0.39, 0.29) is 11.9 Å². The number of hydrogen-bond acceptors (Lipinski definition) is 3. The summed E-state index contributed by atoms with van der Waals surface area (Å²) in [6.45, 7) is 4.21. The Morgan fingerprint density at radius 1 is 0.960 bits per heavy atom. The summed E-state index contributed by atoms with van der Waals surface area (Å²) in [4.78, 5) is 32.7. The van der Waals surface area contributed by atoms with Crippen molar-refractivity contribution in [2.24, 2.45) is 0 Å². The molecule has 1 aromatic carbocycles. The van der Waals surface area contributed by atoms with Gasteiger partial charge >= 0.3 is 6.03 Å². The quantitative estimate of drug-likeness (QED) is 0.916. The first-order valence-corrected chi connectivity index (χ1v) is 8.46. The van der Waals surface area contributed by atoms with Gasteiger partial charge in [-0.2, -0.15) is 0 Å². The molecule has 6 nitrogen and oxygen atoms in total. The average molecular weight is 338 g/mol. The van der Waals surface area contributed by atoms with Crippen molar-refractivity contribution in [1.82, 2.24) is 14.8 Å². The molecule has 2 aromatic rings. The molecule has 130 valence electrons. The third-order valence-electron chi connectivity index (χ3n) is 4.25. The maximum atomic E-state index is 12.6. The molecule has 6 heteroatoms. The Morgan fingerprint density at radius 2 is 1.68 bits per heavy atom. The molecule has 25 heavy (non-hydrogen) atoms. The highest BCUT2D eigenvalue weighted by molar-refractivity contribution is 5.94.